The summed E-state index contributed by atoms with van der Waals surface area (Å²) in [6, 6.07) is 4.83. The molecule has 0 nitrogen and oxygen atoms in total. The van der Waals surface area contributed by atoms with E-state index in [-0.39, 0.29) is 10.6 Å². The van der Waals surface area contributed by atoms with E-state index >= 15 is 0 Å². The van der Waals surface area contributed by atoms with Crippen LogP contribution < -0.4 is 0 Å². The van der Waals surface area contributed by atoms with E-state index in [1.165, 1.54) is 12.1 Å². The van der Waals surface area contributed by atoms with Gasteiger partial charge in [0.2, 0.25) is 0 Å². The molecule has 0 saturated carbocycles. The summed E-state index contributed by atoms with van der Waals surface area (Å²) in [6.07, 6.45) is -4.99. The Morgan fingerprint density at radius 1 is 1.00 bits per heavy atom. The lowest BCUT2D eigenvalue weighted by atomic mass is 10.2. The van der Waals surface area contributed by atoms with Gasteiger partial charge >= 0.3 is 12.1 Å². The van der Waals surface area contributed by atoms with Crippen molar-refractivity contribution in [3.05, 3.63) is 40.4 Å². The van der Waals surface area contributed by atoms with Crippen molar-refractivity contribution < 1.29 is 22.0 Å². The fraction of sp³-hybridized carbons (Fsp3) is 0.200. The first-order valence-corrected chi connectivity index (χ1v) is 4.58. The summed E-state index contributed by atoms with van der Waals surface area (Å²) in [5.41, 5.74) is -2.87. The third-order valence-electron chi connectivity index (χ3n) is 2.23. The Morgan fingerprint density at radius 3 is 1.88 bits per heavy atom. The fourth-order valence-electron chi connectivity index (χ4n) is 1.50. The van der Waals surface area contributed by atoms with Crippen molar-refractivity contribution in [3.63, 3.8) is 0 Å². The van der Waals surface area contributed by atoms with E-state index in [4.69, 9.17) is 11.6 Å². The minimum absolute atomic E-state index is 0.151. The highest BCUT2D eigenvalue weighted by molar-refractivity contribution is 6.30. The molecule has 0 fully saturated rings. The first-order chi connectivity index (χ1) is 7.24. The fourth-order valence-corrected chi connectivity index (χ4v) is 1.62. The van der Waals surface area contributed by atoms with Crippen molar-refractivity contribution in [1.29, 1.82) is 0 Å². The van der Waals surface area contributed by atoms with Crippen LogP contribution in [0.2, 0.25) is 5.02 Å². The van der Waals surface area contributed by atoms with Crippen molar-refractivity contribution in [2.24, 2.45) is 0 Å². The third-order valence-corrected chi connectivity index (χ3v) is 2.48. The lowest BCUT2D eigenvalue weighted by Crippen LogP contribution is -2.12. The number of halogens is 6. The van der Waals surface area contributed by atoms with Crippen LogP contribution in [-0.4, -0.2) is 12.1 Å². The molecule has 1 aliphatic rings. The number of alkyl halides is 5. The topological polar surface area (TPSA) is 0 Å². The van der Waals surface area contributed by atoms with Gasteiger partial charge in [0.25, 0.3) is 0 Å². The quantitative estimate of drug-likeness (QED) is 0.655. The highest BCUT2D eigenvalue weighted by Gasteiger charge is 2.67. The molecule has 1 aromatic carbocycles. The van der Waals surface area contributed by atoms with Crippen LogP contribution in [0.15, 0.2) is 29.8 Å². The summed E-state index contributed by atoms with van der Waals surface area (Å²) >= 11 is 5.51. The van der Waals surface area contributed by atoms with Crippen LogP contribution in [0.4, 0.5) is 22.0 Å². The number of allylic oxidation sites excluding steroid dienone is 2. The number of hydrogen-bond acceptors (Lipinski definition) is 0. The zero-order valence-electron chi connectivity index (χ0n) is 7.58. The predicted molar refractivity (Wildman–Crippen MR) is 49.4 cm³/mol. The molecule has 16 heavy (non-hydrogen) atoms. The van der Waals surface area contributed by atoms with E-state index in [9.17, 15) is 22.0 Å². The first-order valence-electron chi connectivity index (χ1n) is 4.21. The number of benzene rings is 1. The summed E-state index contributed by atoms with van der Waals surface area (Å²) in [6.45, 7) is 0. The molecule has 0 amide bonds. The molecule has 0 N–H and O–H groups in total. The maximum Gasteiger partial charge on any atom is 0.419 e. The van der Waals surface area contributed by atoms with Crippen molar-refractivity contribution in [2.75, 3.05) is 0 Å². The summed E-state index contributed by atoms with van der Waals surface area (Å²) in [4.78, 5) is 0. The molecule has 6 heteroatoms. The molecule has 0 radical (unpaired) electrons. The van der Waals surface area contributed by atoms with Crippen molar-refractivity contribution in [1.82, 2.24) is 0 Å². The molecule has 2 rings (SSSR count). The SMILES string of the molecule is FC(F)(F)C1=C(c2ccc(Cl)cc2)C1(F)F. The molecule has 0 saturated heterocycles. The second kappa shape index (κ2) is 3.20. The van der Waals surface area contributed by atoms with E-state index in [0.717, 1.165) is 12.1 Å². The van der Waals surface area contributed by atoms with Gasteiger partial charge in [0.15, 0.2) is 0 Å². The lowest BCUT2D eigenvalue weighted by Gasteiger charge is -2.01. The molecular formula is C10H4ClF5. The van der Waals surface area contributed by atoms with Gasteiger partial charge in [-0.1, -0.05) is 23.7 Å². The average molecular weight is 255 g/mol. The minimum atomic E-state index is -4.99. The largest absolute Gasteiger partial charge is 0.419 e. The summed E-state index contributed by atoms with van der Waals surface area (Å²) in [5, 5.41) is 0.280. The van der Waals surface area contributed by atoms with Crippen LogP contribution >= 0.6 is 11.6 Å². The molecule has 1 aromatic rings. The number of rotatable bonds is 1. The summed E-state index contributed by atoms with van der Waals surface area (Å²) in [5.74, 6) is -3.87. The normalized spacial score (nSPS) is 18.9. The van der Waals surface area contributed by atoms with E-state index in [1.54, 1.807) is 0 Å². The maximum atomic E-state index is 12.9. The minimum Gasteiger partial charge on any atom is -0.196 e. The molecule has 0 bridgehead atoms. The van der Waals surface area contributed by atoms with Crippen molar-refractivity contribution >= 4 is 17.2 Å². The van der Waals surface area contributed by atoms with Crippen molar-refractivity contribution in [2.45, 2.75) is 12.1 Å². The summed E-state index contributed by atoms with van der Waals surface area (Å²) in [7, 11) is 0. The number of hydrogen-bond donors (Lipinski definition) is 0. The second-order valence-corrected chi connectivity index (χ2v) is 3.77. The summed E-state index contributed by atoms with van der Waals surface area (Å²) < 4.78 is 62.4. The van der Waals surface area contributed by atoms with Crippen LogP contribution in [0.5, 0.6) is 0 Å². The molecule has 0 aromatic heterocycles. The zero-order valence-corrected chi connectivity index (χ0v) is 8.33. The van der Waals surface area contributed by atoms with E-state index in [2.05, 4.69) is 0 Å². The van der Waals surface area contributed by atoms with Crippen LogP contribution in [0.25, 0.3) is 5.57 Å². The van der Waals surface area contributed by atoms with Crippen LogP contribution in [0.1, 0.15) is 5.56 Å². The molecular weight excluding hydrogens is 251 g/mol. The highest BCUT2D eigenvalue weighted by atomic mass is 35.5. The molecule has 0 aliphatic heterocycles. The van der Waals surface area contributed by atoms with Crippen LogP contribution in [0.3, 0.4) is 0 Å². The Bertz CT molecular complexity index is 455. The third kappa shape index (κ3) is 1.69. The first kappa shape index (κ1) is 11.4. The van der Waals surface area contributed by atoms with Gasteiger partial charge < -0.3 is 0 Å². The maximum absolute atomic E-state index is 12.9. The van der Waals surface area contributed by atoms with Gasteiger partial charge in [-0.3, -0.25) is 0 Å². The molecule has 1 aliphatic carbocycles. The van der Waals surface area contributed by atoms with Gasteiger partial charge in [-0.2, -0.15) is 22.0 Å². The Labute approximate surface area is 92.3 Å². The Kier molecular flexibility index (Phi) is 2.28. The van der Waals surface area contributed by atoms with Crippen molar-refractivity contribution in [3.8, 4) is 0 Å². The van der Waals surface area contributed by atoms with Crippen LogP contribution in [-0.2, 0) is 0 Å². The van der Waals surface area contributed by atoms with E-state index < -0.39 is 23.2 Å². The standard InChI is InChI=1S/C10H4ClF5/c11-6-3-1-5(2-4-6)7-8(9(7,12)13)10(14,15)16/h1-4H. The smallest absolute Gasteiger partial charge is 0.196 e. The monoisotopic (exact) mass is 254 g/mol. The van der Waals surface area contributed by atoms with Gasteiger partial charge in [0.05, 0.1) is 0 Å². The molecule has 0 spiro atoms. The van der Waals surface area contributed by atoms with Gasteiger partial charge in [0, 0.05) is 10.6 Å². The Balaban J connectivity index is 2.42. The van der Waals surface area contributed by atoms with E-state index in [0.29, 0.717) is 0 Å². The average Bonchev–Trinajstić information content (AvgIpc) is 2.70. The molecule has 86 valence electrons. The second-order valence-electron chi connectivity index (χ2n) is 3.33. The lowest BCUT2D eigenvalue weighted by molar-refractivity contribution is -0.102. The Hall–Kier alpha value is -1.10. The van der Waals surface area contributed by atoms with Gasteiger partial charge in [-0.05, 0) is 17.7 Å². The van der Waals surface area contributed by atoms with Gasteiger partial charge in [0.1, 0.15) is 5.57 Å². The molecule has 0 heterocycles. The Morgan fingerprint density at radius 2 is 1.50 bits per heavy atom. The zero-order chi connectivity index (χ0) is 12.1. The van der Waals surface area contributed by atoms with Crippen LogP contribution in [0, 0.1) is 0 Å². The van der Waals surface area contributed by atoms with Gasteiger partial charge in [-0.25, -0.2) is 0 Å². The van der Waals surface area contributed by atoms with Gasteiger partial charge in [-0.15, -0.1) is 0 Å². The molecule has 0 atom stereocenters. The predicted octanol–water partition coefficient (Wildman–Crippen LogP) is 4.30. The molecule has 0 unspecified atom stereocenters. The highest BCUT2D eigenvalue weighted by Crippen LogP contribution is 2.61. The van der Waals surface area contributed by atoms with E-state index in [1.807, 2.05) is 0 Å².